The van der Waals surface area contributed by atoms with Crippen molar-refractivity contribution in [1.82, 2.24) is 4.98 Å². The van der Waals surface area contributed by atoms with E-state index in [9.17, 15) is 4.39 Å². The van der Waals surface area contributed by atoms with Crippen molar-refractivity contribution in [3.05, 3.63) is 90.9 Å². The van der Waals surface area contributed by atoms with E-state index in [0.717, 1.165) is 60.4 Å². The van der Waals surface area contributed by atoms with Gasteiger partial charge in [0.2, 0.25) is 0 Å². The Morgan fingerprint density at radius 3 is 2.44 bits per heavy atom. The van der Waals surface area contributed by atoms with Crippen LogP contribution in [-0.2, 0) is 4.74 Å². The van der Waals surface area contributed by atoms with Gasteiger partial charge in [0.15, 0.2) is 0 Å². The second kappa shape index (κ2) is 15.0. The normalized spacial score (nSPS) is 12.1. The quantitative estimate of drug-likeness (QED) is 0.158. The Bertz CT molecular complexity index is 1090. The lowest BCUT2D eigenvalue weighted by molar-refractivity contribution is 0.0566. The zero-order chi connectivity index (χ0) is 25.6. The number of benzene rings is 2. The number of unbranched alkanes of at least 4 members (excludes halogenated alkanes) is 3. The molecule has 190 valence electrons. The maximum atomic E-state index is 14.7. The molecule has 0 aliphatic carbocycles. The Labute approximate surface area is 215 Å². The van der Waals surface area contributed by atoms with Crippen molar-refractivity contribution in [1.29, 1.82) is 0 Å². The smallest absolute Gasteiger partial charge is 0.131 e. The van der Waals surface area contributed by atoms with Gasteiger partial charge >= 0.3 is 0 Å². The predicted molar refractivity (Wildman–Crippen MR) is 149 cm³/mol. The molecule has 1 aromatic heterocycles. The minimum Gasteiger partial charge on any atom is -0.490 e. The van der Waals surface area contributed by atoms with Crippen LogP contribution in [-0.4, -0.2) is 24.3 Å². The topological polar surface area (TPSA) is 31.4 Å². The largest absolute Gasteiger partial charge is 0.490 e. The van der Waals surface area contributed by atoms with Crippen LogP contribution < -0.4 is 4.74 Å². The van der Waals surface area contributed by atoms with Gasteiger partial charge in [-0.15, -0.1) is 0 Å². The molecule has 0 fully saturated rings. The molecule has 0 aliphatic heterocycles. The van der Waals surface area contributed by atoms with Crippen LogP contribution in [0.2, 0.25) is 0 Å². The summed E-state index contributed by atoms with van der Waals surface area (Å²) in [5.41, 5.74) is 4.15. The van der Waals surface area contributed by atoms with Crippen LogP contribution in [0.5, 0.6) is 5.75 Å². The Kier molecular flexibility index (Phi) is 11.4. The average Bonchev–Trinajstić information content (AvgIpc) is 2.91. The van der Waals surface area contributed by atoms with Crippen LogP contribution in [0.1, 0.15) is 57.9 Å². The SMILES string of the molecule is C=CCOc1ccc(-c2ccc(-c3ccc(C=CCCCC(C)OCCCCC)c(F)c3)cn2)cc1. The molecule has 1 atom stereocenters. The third-order valence-electron chi connectivity index (χ3n) is 6.04. The molecule has 0 aliphatic rings. The number of aromatic nitrogens is 1. The Morgan fingerprint density at radius 1 is 0.972 bits per heavy atom. The maximum absolute atomic E-state index is 14.7. The summed E-state index contributed by atoms with van der Waals surface area (Å²) < 4.78 is 26.1. The third-order valence-corrected chi connectivity index (χ3v) is 6.04. The van der Waals surface area contributed by atoms with E-state index < -0.39 is 0 Å². The van der Waals surface area contributed by atoms with Gasteiger partial charge in [-0.2, -0.15) is 0 Å². The fourth-order valence-corrected chi connectivity index (χ4v) is 3.91. The van der Waals surface area contributed by atoms with E-state index in [1.54, 1.807) is 18.3 Å². The first kappa shape index (κ1) is 27.3. The Hall–Kier alpha value is -3.24. The molecule has 1 heterocycles. The van der Waals surface area contributed by atoms with E-state index in [1.807, 2.05) is 60.7 Å². The van der Waals surface area contributed by atoms with Gasteiger partial charge < -0.3 is 9.47 Å². The van der Waals surface area contributed by atoms with Crippen LogP contribution in [0.25, 0.3) is 28.5 Å². The lowest BCUT2D eigenvalue weighted by Crippen LogP contribution is -2.08. The highest BCUT2D eigenvalue weighted by molar-refractivity contribution is 5.68. The third kappa shape index (κ3) is 8.76. The van der Waals surface area contributed by atoms with Crippen molar-refractivity contribution in [3.63, 3.8) is 0 Å². The fraction of sp³-hybridized carbons (Fsp3) is 0.344. The molecular formula is C32H38FNO2. The van der Waals surface area contributed by atoms with E-state index in [0.29, 0.717) is 12.2 Å². The number of halogens is 1. The minimum absolute atomic E-state index is 0.226. The fourth-order valence-electron chi connectivity index (χ4n) is 3.91. The van der Waals surface area contributed by atoms with Crippen molar-refractivity contribution < 1.29 is 13.9 Å². The number of pyridine rings is 1. The van der Waals surface area contributed by atoms with E-state index in [-0.39, 0.29) is 11.9 Å². The predicted octanol–water partition coefficient (Wildman–Crippen LogP) is 8.90. The summed E-state index contributed by atoms with van der Waals surface area (Å²) in [7, 11) is 0. The number of ether oxygens (including phenoxy) is 2. The molecule has 0 spiro atoms. The first-order valence-electron chi connectivity index (χ1n) is 13.0. The molecule has 0 saturated carbocycles. The molecule has 0 N–H and O–H groups in total. The summed E-state index contributed by atoms with van der Waals surface area (Å²) in [6.07, 6.45) is 14.2. The van der Waals surface area contributed by atoms with Crippen molar-refractivity contribution in [2.75, 3.05) is 13.2 Å². The summed E-state index contributed by atoms with van der Waals surface area (Å²) in [4.78, 5) is 4.58. The monoisotopic (exact) mass is 487 g/mol. The molecule has 0 saturated heterocycles. The van der Waals surface area contributed by atoms with Gasteiger partial charge in [0, 0.05) is 29.5 Å². The summed E-state index contributed by atoms with van der Waals surface area (Å²) in [6, 6.07) is 17.1. The second-order valence-corrected chi connectivity index (χ2v) is 9.01. The summed E-state index contributed by atoms with van der Waals surface area (Å²) >= 11 is 0. The first-order valence-corrected chi connectivity index (χ1v) is 13.0. The highest BCUT2D eigenvalue weighted by Gasteiger charge is 2.06. The molecular weight excluding hydrogens is 449 g/mol. The summed E-state index contributed by atoms with van der Waals surface area (Å²) in [5, 5.41) is 0. The second-order valence-electron chi connectivity index (χ2n) is 9.01. The van der Waals surface area contributed by atoms with Crippen LogP contribution in [0.3, 0.4) is 0 Å². The van der Waals surface area contributed by atoms with Crippen molar-refractivity contribution in [2.45, 2.75) is 58.5 Å². The van der Waals surface area contributed by atoms with Crippen molar-refractivity contribution in [3.8, 4) is 28.1 Å². The van der Waals surface area contributed by atoms with Gasteiger partial charge in [-0.25, -0.2) is 4.39 Å². The highest BCUT2D eigenvalue weighted by Crippen LogP contribution is 2.26. The molecule has 0 radical (unpaired) electrons. The molecule has 0 amide bonds. The molecule has 1 unspecified atom stereocenters. The highest BCUT2D eigenvalue weighted by atomic mass is 19.1. The zero-order valence-electron chi connectivity index (χ0n) is 21.6. The van der Waals surface area contributed by atoms with Crippen LogP contribution in [0.4, 0.5) is 4.39 Å². The lowest BCUT2D eigenvalue weighted by Gasteiger charge is -2.12. The lowest BCUT2D eigenvalue weighted by atomic mass is 10.0. The number of allylic oxidation sites excluding steroid dienone is 1. The van der Waals surface area contributed by atoms with Crippen molar-refractivity contribution in [2.24, 2.45) is 0 Å². The standard InChI is InChI=1S/C32H38FNO2/c1-4-6-10-22-35-25(3)11-8-7-9-12-26-13-14-28(23-31(26)33)29-17-20-32(34-24-29)27-15-18-30(19-16-27)36-21-5-2/h5,9,12-20,23-25H,2,4,6-8,10-11,21-22H2,1,3H3. The van der Waals surface area contributed by atoms with Gasteiger partial charge in [0.05, 0.1) is 11.8 Å². The molecule has 36 heavy (non-hydrogen) atoms. The summed E-state index contributed by atoms with van der Waals surface area (Å²) in [6.45, 7) is 9.31. The van der Waals surface area contributed by atoms with Gasteiger partial charge in [0.25, 0.3) is 0 Å². The first-order chi connectivity index (χ1) is 17.6. The minimum atomic E-state index is -0.226. The number of nitrogens with zero attached hydrogens (tertiary/aromatic N) is 1. The molecule has 3 aromatic rings. The van der Waals surface area contributed by atoms with Crippen molar-refractivity contribution >= 4 is 6.08 Å². The van der Waals surface area contributed by atoms with Gasteiger partial charge in [-0.05, 0) is 74.6 Å². The van der Waals surface area contributed by atoms with Crippen LogP contribution in [0, 0.1) is 5.82 Å². The molecule has 3 rings (SSSR count). The number of hydrogen-bond acceptors (Lipinski definition) is 3. The van der Waals surface area contributed by atoms with E-state index in [1.165, 1.54) is 12.8 Å². The summed E-state index contributed by atoms with van der Waals surface area (Å²) in [5.74, 6) is 0.567. The van der Waals surface area contributed by atoms with Gasteiger partial charge in [0.1, 0.15) is 18.2 Å². The van der Waals surface area contributed by atoms with E-state index >= 15 is 0 Å². The van der Waals surface area contributed by atoms with Gasteiger partial charge in [-0.1, -0.05) is 62.8 Å². The number of hydrogen-bond donors (Lipinski definition) is 0. The molecule has 0 bridgehead atoms. The molecule has 3 nitrogen and oxygen atoms in total. The number of rotatable bonds is 15. The average molecular weight is 488 g/mol. The van der Waals surface area contributed by atoms with E-state index in [2.05, 4.69) is 25.4 Å². The van der Waals surface area contributed by atoms with Gasteiger partial charge in [-0.3, -0.25) is 4.98 Å². The molecule has 4 heteroatoms. The van der Waals surface area contributed by atoms with Crippen LogP contribution in [0.15, 0.2) is 79.5 Å². The Balaban J connectivity index is 1.51. The van der Waals surface area contributed by atoms with E-state index in [4.69, 9.17) is 9.47 Å². The van der Waals surface area contributed by atoms with Crippen LogP contribution >= 0.6 is 0 Å². The Morgan fingerprint density at radius 2 is 1.75 bits per heavy atom. The maximum Gasteiger partial charge on any atom is 0.131 e. The zero-order valence-corrected chi connectivity index (χ0v) is 21.6. The molecule has 2 aromatic carbocycles.